The summed E-state index contributed by atoms with van der Waals surface area (Å²) in [7, 11) is 1.32. The number of rotatable bonds is 8. The number of halogens is 7. The van der Waals surface area contributed by atoms with Gasteiger partial charge in [0.15, 0.2) is 0 Å². The van der Waals surface area contributed by atoms with Crippen LogP contribution in [0.5, 0.6) is 0 Å². The highest BCUT2D eigenvalue weighted by molar-refractivity contribution is 5.80. The smallest absolute Gasteiger partial charge is 0.416 e. The van der Waals surface area contributed by atoms with Crippen LogP contribution in [0.3, 0.4) is 0 Å². The van der Waals surface area contributed by atoms with Crippen molar-refractivity contribution < 1.29 is 45.1 Å². The largest absolute Gasteiger partial charge is 0.460 e. The van der Waals surface area contributed by atoms with Gasteiger partial charge in [-0.2, -0.15) is 26.3 Å². The monoisotopic (exact) mass is 638 g/mol. The molecule has 0 radical (unpaired) electrons. The molecule has 1 amide bonds. The number of piperidine rings is 1. The number of aryl methyl sites for hydroxylation is 1. The summed E-state index contributed by atoms with van der Waals surface area (Å²) in [5.74, 6) is -2.73. The predicted octanol–water partition coefficient (Wildman–Crippen LogP) is 7.37. The first-order valence-electron chi connectivity index (χ1n) is 14.3. The van der Waals surface area contributed by atoms with Crippen molar-refractivity contribution in [2.75, 3.05) is 20.1 Å². The van der Waals surface area contributed by atoms with E-state index in [1.165, 1.54) is 19.2 Å². The SMILES string of the molecule is Cc1cc(F)ccc1C1CN(C(C)C(=O)OCc2ccccc2)CCC1C(=O)N(C)Cc1cc(C(F)(F)F)cc(C(F)(F)F)c1. The molecule has 3 aromatic carbocycles. The maximum absolute atomic E-state index is 14.0. The average Bonchev–Trinajstić information content (AvgIpc) is 2.98. The number of amides is 1. The molecule has 1 aliphatic rings. The molecule has 3 unspecified atom stereocenters. The van der Waals surface area contributed by atoms with E-state index in [4.69, 9.17) is 4.74 Å². The Hall–Kier alpha value is -3.93. The fraction of sp³-hybridized carbons (Fsp3) is 0.394. The summed E-state index contributed by atoms with van der Waals surface area (Å²) >= 11 is 0. The molecule has 0 bridgehead atoms. The number of nitrogens with zero attached hydrogens (tertiary/aromatic N) is 2. The Kier molecular flexibility index (Phi) is 10.3. The second kappa shape index (κ2) is 13.6. The van der Waals surface area contributed by atoms with E-state index in [0.717, 1.165) is 10.5 Å². The summed E-state index contributed by atoms with van der Waals surface area (Å²) in [5.41, 5.74) is -1.22. The number of carbonyl (C=O) groups is 2. The first-order chi connectivity index (χ1) is 21.0. The van der Waals surface area contributed by atoms with Gasteiger partial charge in [-0.05, 0) is 79.4 Å². The van der Waals surface area contributed by atoms with Gasteiger partial charge in [-0.25, -0.2) is 4.39 Å². The van der Waals surface area contributed by atoms with Crippen molar-refractivity contribution in [2.45, 2.75) is 57.7 Å². The molecular weight excluding hydrogens is 605 g/mol. The van der Waals surface area contributed by atoms with Crippen LogP contribution < -0.4 is 0 Å². The van der Waals surface area contributed by atoms with Gasteiger partial charge < -0.3 is 9.64 Å². The molecule has 0 N–H and O–H groups in total. The lowest BCUT2D eigenvalue weighted by Gasteiger charge is -2.41. The zero-order chi connectivity index (χ0) is 33.1. The molecule has 1 saturated heterocycles. The van der Waals surface area contributed by atoms with Crippen LogP contribution in [0.15, 0.2) is 66.7 Å². The van der Waals surface area contributed by atoms with Crippen molar-refractivity contribution in [1.82, 2.24) is 9.80 Å². The number of likely N-dealkylation sites (tertiary alicyclic amines) is 1. The highest BCUT2D eigenvalue weighted by Crippen LogP contribution is 2.39. The third-order valence-corrected chi connectivity index (χ3v) is 8.15. The Morgan fingerprint density at radius 3 is 2.13 bits per heavy atom. The number of hydrogen-bond acceptors (Lipinski definition) is 4. The normalized spacial score (nSPS) is 18.4. The Morgan fingerprint density at radius 1 is 0.933 bits per heavy atom. The number of carbonyl (C=O) groups excluding carboxylic acids is 2. The lowest BCUT2D eigenvalue weighted by molar-refractivity contribution is -0.152. The number of esters is 1. The van der Waals surface area contributed by atoms with Gasteiger partial charge in [0.2, 0.25) is 5.91 Å². The minimum absolute atomic E-state index is 0.0421. The molecule has 1 heterocycles. The van der Waals surface area contributed by atoms with Gasteiger partial charge in [0.25, 0.3) is 0 Å². The van der Waals surface area contributed by atoms with Gasteiger partial charge >= 0.3 is 18.3 Å². The van der Waals surface area contributed by atoms with Gasteiger partial charge in [0, 0.05) is 32.0 Å². The lowest BCUT2D eigenvalue weighted by atomic mass is 9.78. The zero-order valence-electron chi connectivity index (χ0n) is 24.9. The Balaban J connectivity index is 1.56. The first kappa shape index (κ1) is 34.0. The van der Waals surface area contributed by atoms with E-state index in [1.54, 1.807) is 19.9 Å². The Bertz CT molecular complexity index is 1480. The van der Waals surface area contributed by atoms with E-state index >= 15 is 0 Å². The fourth-order valence-electron chi connectivity index (χ4n) is 5.74. The quantitative estimate of drug-likeness (QED) is 0.191. The number of alkyl halides is 6. The Labute approximate surface area is 256 Å². The Morgan fingerprint density at radius 2 is 1.56 bits per heavy atom. The van der Waals surface area contributed by atoms with Crippen molar-refractivity contribution in [3.8, 4) is 0 Å². The standard InChI is InChI=1S/C33H33F7N2O3/c1-20-13-26(34)9-10-27(20)29-18-42(21(2)31(44)45-19-22-7-5-4-6-8-22)12-11-28(29)30(43)41(3)17-23-14-24(32(35,36)37)16-25(15-23)33(38,39)40/h4-10,13-16,21,28-29H,11-12,17-19H2,1-3H3. The zero-order valence-corrected chi connectivity index (χ0v) is 24.9. The summed E-state index contributed by atoms with van der Waals surface area (Å²) < 4.78 is 100.0. The van der Waals surface area contributed by atoms with Gasteiger partial charge in [-0.15, -0.1) is 0 Å². The molecule has 5 nitrogen and oxygen atoms in total. The van der Waals surface area contributed by atoms with Gasteiger partial charge in [-0.3, -0.25) is 14.5 Å². The molecule has 4 rings (SSSR count). The van der Waals surface area contributed by atoms with Crippen LogP contribution in [0, 0.1) is 18.7 Å². The van der Waals surface area contributed by atoms with Crippen LogP contribution in [-0.2, 0) is 39.8 Å². The highest BCUT2D eigenvalue weighted by atomic mass is 19.4. The highest BCUT2D eigenvalue weighted by Gasteiger charge is 2.41. The summed E-state index contributed by atoms with van der Waals surface area (Å²) in [6, 6.07) is 13.8. The fourth-order valence-corrected chi connectivity index (χ4v) is 5.74. The number of hydrogen-bond donors (Lipinski definition) is 0. The third-order valence-electron chi connectivity index (χ3n) is 8.15. The molecule has 1 fully saturated rings. The van der Waals surface area contributed by atoms with Crippen molar-refractivity contribution >= 4 is 11.9 Å². The summed E-state index contributed by atoms with van der Waals surface area (Å²) in [4.78, 5) is 29.7. The second-order valence-corrected chi connectivity index (χ2v) is 11.4. The number of benzene rings is 3. The van der Waals surface area contributed by atoms with E-state index in [9.17, 15) is 40.3 Å². The third kappa shape index (κ3) is 8.42. The van der Waals surface area contributed by atoms with Crippen LogP contribution in [0.1, 0.15) is 52.6 Å². The molecule has 0 aromatic heterocycles. The van der Waals surface area contributed by atoms with E-state index in [1.807, 2.05) is 35.2 Å². The van der Waals surface area contributed by atoms with Crippen molar-refractivity contribution in [3.63, 3.8) is 0 Å². The molecule has 3 atom stereocenters. The maximum Gasteiger partial charge on any atom is 0.416 e. The first-order valence-corrected chi connectivity index (χ1v) is 14.3. The average molecular weight is 639 g/mol. The van der Waals surface area contributed by atoms with E-state index in [2.05, 4.69) is 0 Å². The minimum atomic E-state index is -5.02. The van der Waals surface area contributed by atoms with Gasteiger partial charge in [-0.1, -0.05) is 36.4 Å². The summed E-state index contributed by atoms with van der Waals surface area (Å²) in [6.45, 7) is 3.45. The summed E-state index contributed by atoms with van der Waals surface area (Å²) in [6.07, 6.45) is -9.80. The van der Waals surface area contributed by atoms with Gasteiger partial charge in [0.05, 0.1) is 11.1 Å². The minimum Gasteiger partial charge on any atom is -0.460 e. The van der Waals surface area contributed by atoms with Crippen molar-refractivity contribution in [2.24, 2.45) is 5.92 Å². The summed E-state index contributed by atoms with van der Waals surface area (Å²) in [5, 5.41) is 0. The van der Waals surface area contributed by atoms with E-state index in [0.29, 0.717) is 29.8 Å². The molecule has 0 spiro atoms. The van der Waals surface area contributed by atoms with Crippen LogP contribution in [0.4, 0.5) is 30.7 Å². The van der Waals surface area contributed by atoms with E-state index in [-0.39, 0.29) is 31.2 Å². The second-order valence-electron chi connectivity index (χ2n) is 11.4. The predicted molar refractivity (Wildman–Crippen MR) is 152 cm³/mol. The van der Waals surface area contributed by atoms with Gasteiger partial charge in [0.1, 0.15) is 18.5 Å². The molecule has 1 aliphatic heterocycles. The number of ether oxygens (including phenoxy) is 1. The van der Waals surface area contributed by atoms with Crippen LogP contribution in [0.2, 0.25) is 0 Å². The van der Waals surface area contributed by atoms with Crippen LogP contribution >= 0.6 is 0 Å². The maximum atomic E-state index is 14.0. The van der Waals surface area contributed by atoms with Crippen molar-refractivity contribution in [3.05, 3.63) is 106 Å². The lowest BCUT2D eigenvalue weighted by Crippen LogP contribution is -2.50. The van der Waals surface area contributed by atoms with Crippen LogP contribution in [0.25, 0.3) is 0 Å². The topological polar surface area (TPSA) is 49.9 Å². The molecule has 0 saturated carbocycles. The van der Waals surface area contributed by atoms with E-state index < -0.39 is 65.6 Å². The van der Waals surface area contributed by atoms with Crippen LogP contribution in [-0.4, -0.2) is 47.9 Å². The molecule has 0 aliphatic carbocycles. The molecule has 12 heteroatoms. The molecule has 3 aromatic rings. The molecular formula is C33H33F7N2O3. The van der Waals surface area contributed by atoms with Crippen molar-refractivity contribution in [1.29, 1.82) is 0 Å². The molecule has 45 heavy (non-hydrogen) atoms. The molecule has 242 valence electrons.